The van der Waals surface area contributed by atoms with E-state index in [1.165, 1.54) is 148 Å². The fourth-order valence-corrected chi connectivity index (χ4v) is 7.04. The van der Waals surface area contributed by atoms with Crippen molar-refractivity contribution in [3.8, 4) is 0 Å². The second kappa shape index (κ2) is 29.7. The molecule has 2 heterocycles. The number of epoxide rings is 2. The molecule has 0 aliphatic carbocycles. The highest BCUT2D eigenvalue weighted by atomic mass is 16.6. The molecule has 6 nitrogen and oxygen atoms in total. The van der Waals surface area contributed by atoms with E-state index >= 15 is 0 Å². The average molecular weight is 665 g/mol. The molecule has 276 valence electrons. The first kappa shape index (κ1) is 42.0. The molecule has 0 aromatic rings. The number of ether oxygens (including phenoxy) is 4. The Morgan fingerprint density at radius 3 is 1.04 bits per heavy atom. The highest BCUT2D eigenvalue weighted by Crippen LogP contribution is 2.34. The molecule has 0 aromatic heterocycles. The second-order valence-electron chi connectivity index (χ2n) is 14.9. The lowest BCUT2D eigenvalue weighted by molar-refractivity contribution is -0.145. The quantitative estimate of drug-likeness (QED) is 0.0377. The van der Waals surface area contributed by atoms with E-state index in [0.717, 1.165) is 50.7 Å². The number of esters is 2. The van der Waals surface area contributed by atoms with E-state index in [1.54, 1.807) is 0 Å². The minimum atomic E-state index is -0.0609. The minimum Gasteiger partial charge on any atom is -0.463 e. The van der Waals surface area contributed by atoms with Crippen molar-refractivity contribution in [2.75, 3.05) is 26.4 Å². The summed E-state index contributed by atoms with van der Waals surface area (Å²) in [5, 5.41) is 0. The summed E-state index contributed by atoms with van der Waals surface area (Å²) in [5.41, 5.74) is 0. The fourth-order valence-electron chi connectivity index (χ4n) is 7.04. The van der Waals surface area contributed by atoms with Crippen molar-refractivity contribution in [2.24, 2.45) is 11.8 Å². The summed E-state index contributed by atoms with van der Waals surface area (Å²) in [6.07, 6.45) is 37.0. The SMILES string of the molecule is CCCCCCCCC(CCCCCCCCC(=O)OCC1CO1)C(CCCCCCCC)CCCCCCCC(=O)OCC1CO1. The van der Waals surface area contributed by atoms with Crippen LogP contribution in [-0.2, 0) is 28.5 Å². The van der Waals surface area contributed by atoms with Gasteiger partial charge >= 0.3 is 11.9 Å². The molecule has 0 radical (unpaired) electrons. The Bertz CT molecular complexity index is 733. The minimum absolute atomic E-state index is 0.0585. The highest BCUT2D eigenvalue weighted by molar-refractivity contribution is 5.69. The predicted octanol–water partition coefficient (Wildman–Crippen LogP) is 11.5. The maximum Gasteiger partial charge on any atom is 0.305 e. The summed E-state index contributed by atoms with van der Waals surface area (Å²) >= 11 is 0. The molecule has 4 atom stereocenters. The molecule has 0 bridgehead atoms. The van der Waals surface area contributed by atoms with Gasteiger partial charge in [0.15, 0.2) is 0 Å². The van der Waals surface area contributed by atoms with Crippen LogP contribution in [0.2, 0.25) is 0 Å². The van der Waals surface area contributed by atoms with Gasteiger partial charge in [0.1, 0.15) is 25.4 Å². The van der Waals surface area contributed by atoms with E-state index in [0.29, 0.717) is 26.1 Å². The number of hydrogen-bond donors (Lipinski definition) is 0. The van der Waals surface area contributed by atoms with Crippen molar-refractivity contribution in [3.05, 3.63) is 0 Å². The van der Waals surface area contributed by atoms with E-state index < -0.39 is 0 Å². The zero-order chi connectivity index (χ0) is 33.6. The van der Waals surface area contributed by atoms with Gasteiger partial charge in [-0.3, -0.25) is 9.59 Å². The van der Waals surface area contributed by atoms with Gasteiger partial charge in [0.25, 0.3) is 0 Å². The van der Waals surface area contributed by atoms with Crippen molar-refractivity contribution >= 4 is 11.9 Å². The Kier molecular flexibility index (Phi) is 26.6. The van der Waals surface area contributed by atoms with Gasteiger partial charge < -0.3 is 18.9 Å². The third kappa shape index (κ3) is 26.4. The van der Waals surface area contributed by atoms with Gasteiger partial charge in [-0.25, -0.2) is 0 Å². The van der Waals surface area contributed by atoms with Crippen LogP contribution in [0, 0.1) is 11.8 Å². The van der Waals surface area contributed by atoms with Crippen molar-refractivity contribution in [3.63, 3.8) is 0 Å². The van der Waals surface area contributed by atoms with Gasteiger partial charge in [0, 0.05) is 12.8 Å². The van der Waals surface area contributed by atoms with Gasteiger partial charge in [-0.2, -0.15) is 0 Å². The average Bonchev–Trinajstić information content (AvgIpc) is 4.01. The molecule has 2 aliphatic rings. The molecule has 0 aromatic carbocycles. The van der Waals surface area contributed by atoms with Crippen molar-refractivity contribution in [1.29, 1.82) is 0 Å². The van der Waals surface area contributed by atoms with Crippen LogP contribution >= 0.6 is 0 Å². The maximum absolute atomic E-state index is 11.9. The third-order valence-corrected chi connectivity index (χ3v) is 10.4. The fraction of sp³-hybridized carbons (Fsp3) is 0.951. The summed E-state index contributed by atoms with van der Waals surface area (Å²) in [5.74, 6) is 1.64. The van der Waals surface area contributed by atoms with Crippen molar-refractivity contribution < 1.29 is 28.5 Å². The zero-order valence-corrected chi connectivity index (χ0v) is 31.1. The predicted molar refractivity (Wildman–Crippen MR) is 194 cm³/mol. The summed E-state index contributed by atoms with van der Waals surface area (Å²) in [7, 11) is 0. The number of carbonyl (C=O) groups excluding carboxylic acids is 2. The molecule has 6 heteroatoms. The number of unbranched alkanes of at least 4 members (excludes halogenated alkanes) is 19. The van der Waals surface area contributed by atoms with Crippen LogP contribution in [0.3, 0.4) is 0 Å². The first-order chi connectivity index (χ1) is 23.1. The Labute approximate surface area is 290 Å². The van der Waals surface area contributed by atoms with E-state index in [1.807, 2.05) is 0 Å². The van der Waals surface area contributed by atoms with Crippen LogP contribution in [0.1, 0.15) is 200 Å². The lowest BCUT2D eigenvalue weighted by Gasteiger charge is -2.28. The summed E-state index contributed by atoms with van der Waals surface area (Å²) < 4.78 is 20.8. The normalized spacial score (nSPS) is 18.2. The first-order valence-electron chi connectivity index (χ1n) is 20.7. The van der Waals surface area contributed by atoms with Gasteiger partial charge in [0.2, 0.25) is 0 Å². The van der Waals surface area contributed by atoms with Gasteiger partial charge in [-0.05, 0) is 24.7 Å². The molecule has 0 amide bonds. The van der Waals surface area contributed by atoms with Crippen LogP contribution in [0.15, 0.2) is 0 Å². The molecule has 2 saturated heterocycles. The standard InChI is InChI=1S/C41H76O6/c1-3-5-7-9-14-20-26-36(28-22-16-11-12-18-24-30-40(42)46-34-38-32-44-38)37(27-21-15-10-8-6-4-2)29-23-17-13-19-25-31-41(43)47-35-39-33-45-39/h36-39H,3-35H2,1-2H3. The topological polar surface area (TPSA) is 77.7 Å². The largest absolute Gasteiger partial charge is 0.463 e. The zero-order valence-electron chi connectivity index (χ0n) is 31.1. The molecule has 0 N–H and O–H groups in total. The van der Waals surface area contributed by atoms with Crippen molar-refractivity contribution in [1.82, 2.24) is 0 Å². The molecule has 0 saturated carbocycles. The lowest BCUT2D eigenvalue weighted by atomic mass is 9.78. The second-order valence-corrected chi connectivity index (χ2v) is 14.9. The van der Waals surface area contributed by atoms with Crippen LogP contribution in [0.25, 0.3) is 0 Å². The van der Waals surface area contributed by atoms with E-state index in [4.69, 9.17) is 18.9 Å². The van der Waals surface area contributed by atoms with Crippen LogP contribution < -0.4 is 0 Å². The molecule has 0 spiro atoms. The maximum atomic E-state index is 11.9. The summed E-state index contributed by atoms with van der Waals surface area (Å²) in [6.45, 7) is 6.97. The summed E-state index contributed by atoms with van der Waals surface area (Å²) in [4.78, 5) is 23.8. The Hall–Kier alpha value is -1.14. The molecule has 2 aliphatic heterocycles. The Morgan fingerprint density at radius 2 is 0.745 bits per heavy atom. The number of hydrogen-bond acceptors (Lipinski definition) is 6. The first-order valence-corrected chi connectivity index (χ1v) is 20.7. The van der Waals surface area contributed by atoms with Crippen LogP contribution in [-0.4, -0.2) is 50.6 Å². The molecule has 4 unspecified atom stereocenters. The summed E-state index contributed by atoms with van der Waals surface area (Å²) in [6, 6.07) is 0. The Balaban J connectivity index is 1.70. The van der Waals surface area contributed by atoms with E-state index in [9.17, 15) is 9.59 Å². The molecule has 2 rings (SSSR count). The molecule has 47 heavy (non-hydrogen) atoms. The third-order valence-electron chi connectivity index (χ3n) is 10.4. The number of rotatable bonds is 36. The lowest BCUT2D eigenvalue weighted by Crippen LogP contribution is -2.16. The van der Waals surface area contributed by atoms with Gasteiger partial charge in [-0.1, -0.05) is 174 Å². The van der Waals surface area contributed by atoms with Gasteiger partial charge in [-0.15, -0.1) is 0 Å². The molecular weight excluding hydrogens is 588 g/mol. The molecule has 2 fully saturated rings. The Morgan fingerprint density at radius 1 is 0.468 bits per heavy atom. The van der Waals surface area contributed by atoms with E-state index in [2.05, 4.69) is 13.8 Å². The van der Waals surface area contributed by atoms with Gasteiger partial charge in [0.05, 0.1) is 13.2 Å². The number of carbonyl (C=O) groups is 2. The van der Waals surface area contributed by atoms with Crippen LogP contribution in [0.5, 0.6) is 0 Å². The monoisotopic (exact) mass is 665 g/mol. The smallest absolute Gasteiger partial charge is 0.305 e. The van der Waals surface area contributed by atoms with Crippen molar-refractivity contribution in [2.45, 2.75) is 212 Å². The molecular formula is C41H76O6. The van der Waals surface area contributed by atoms with Crippen LogP contribution in [0.4, 0.5) is 0 Å². The highest BCUT2D eigenvalue weighted by Gasteiger charge is 2.25. The van der Waals surface area contributed by atoms with E-state index in [-0.39, 0.29) is 24.1 Å².